The molecule has 1 fully saturated rings. The van der Waals surface area contributed by atoms with Gasteiger partial charge in [0.2, 0.25) is 0 Å². The minimum absolute atomic E-state index is 0. The molecule has 1 unspecified atom stereocenters. The number of aliphatic carboxylic acids is 1. The zero-order valence-corrected chi connectivity index (χ0v) is 24.3. The standard InChI is InChI=1S/C17H20I3N3O4.Na/c1-9(17(25)26)8-21-16(24)13-11(18)7-12(19)15(14(13)20)22-10(2)23-3-5-27-6-4-23;/h7,9H,3-6,8H2,1-2H3,(H,21,24)(H,25,26);/q;+1/p-1. The van der Waals surface area contributed by atoms with Crippen LogP contribution in [0.1, 0.15) is 24.2 Å². The maximum Gasteiger partial charge on any atom is 1.00 e. The van der Waals surface area contributed by atoms with Crippen molar-refractivity contribution in [3.05, 3.63) is 22.3 Å². The Morgan fingerprint density at radius 2 is 1.89 bits per heavy atom. The third-order valence-electron chi connectivity index (χ3n) is 4.09. The van der Waals surface area contributed by atoms with Crippen LogP contribution >= 0.6 is 67.8 Å². The summed E-state index contributed by atoms with van der Waals surface area (Å²) >= 11 is 6.47. The Balaban J connectivity index is 0.00000392. The number of ether oxygens (including phenoxy) is 1. The average Bonchev–Trinajstić information content (AvgIpc) is 2.63. The molecule has 0 radical (unpaired) electrons. The molecular weight excluding hydrogens is 714 g/mol. The topological polar surface area (TPSA) is 94.1 Å². The molecule has 7 nitrogen and oxygen atoms in total. The van der Waals surface area contributed by atoms with Crippen molar-refractivity contribution in [1.82, 2.24) is 10.2 Å². The van der Waals surface area contributed by atoms with Gasteiger partial charge in [-0.1, -0.05) is 6.92 Å². The molecule has 1 aromatic carbocycles. The van der Waals surface area contributed by atoms with Crippen LogP contribution in [0.25, 0.3) is 0 Å². The molecule has 28 heavy (non-hydrogen) atoms. The van der Waals surface area contributed by atoms with Gasteiger partial charge >= 0.3 is 29.6 Å². The SMILES string of the molecule is CC(=Nc1c(I)cc(I)c(C(=O)NCC(C)C(=O)[O-])c1I)N1CCOCC1.[Na+]. The van der Waals surface area contributed by atoms with Gasteiger partial charge in [0.15, 0.2) is 0 Å². The van der Waals surface area contributed by atoms with E-state index >= 15 is 0 Å². The smallest absolute Gasteiger partial charge is 0.550 e. The summed E-state index contributed by atoms with van der Waals surface area (Å²) in [5, 5.41) is 13.5. The molecule has 2 rings (SSSR count). The van der Waals surface area contributed by atoms with E-state index in [1.54, 1.807) is 0 Å². The minimum atomic E-state index is -1.19. The second kappa shape index (κ2) is 12.6. The van der Waals surface area contributed by atoms with Gasteiger partial charge in [0.25, 0.3) is 5.91 Å². The molecule has 1 amide bonds. The number of benzene rings is 1. The number of hydrogen-bond donors (Lipinski definition) is 1. The van der Waals surface area contributed by atoms with Gasteiger partial charge in [0, 0.05) is 38.7 Å². The van der Waals surface area contributed by atoms with Crippen LogP contribution in [0.2, 0.25) is 0 Å². The maximum absolute atomic E-state index is 12.7. The van der Waals surface area contributed by atoms with E-state index in [2.05, 4.69) is 78.0 Å². The zero-order chi connectivity index (χ0) is 20.1. The van der Waals surface area contributed by atoms with Crippen molar-refractivity contribution in [2.24, 2.45) is 10.9 Å². The fourth-order valence-corrected chi connectivity index (χ4v) is 6.53. The fraction of sp³-hybridized carbons (Fsp3) is 0.471. The number of halogens is 3. The first kappa shape index (κ1) is 26.8. The molecule has 1 aliphatic rings. The largest absolute Gasteiger partial charge is 1.00 e. The molecule has 1 saturated heterocycles. The van der Waals surface area contributed by atoms with Crippen LogP contribution in [0, 0.1) is 16.6 Å². The number of amidine groups is 1. The van der Waals surface area contributed by atoms with Crippen LogP contribution in [0.5, 0.6) is 0 Å². The quantitative estimate of drug-likeness (QED) is 0.182. The average molecular weight is 733 g/mol. The van der Waals surface area contributed by atoms with E-state index in [9.17, 15) is 14.7 Å². The maximum atomic E-state index is 12.7. The summed E-state index contributed by atoms with van der Waals surface area (Å²) in [5.74, 6) is -1.37. The van der Waals surface area contributed by atoms with Gasteiger partial charge in [-0.15, -0.1) is 0 Å². The first-order valence-electron chi connectivity index (χ1n) is 8.27. The monoisotopic (exact) mass is 733 g/mol. The van der Waals surface area contributed by atoms with Crippen molar-refractivity contribution in [2.45, 2.75) is 13.8 Å². The van der Waals surface area contributed by atoms with Crippen molar-refractivity contribution in [2.75, 3.05) is 32.8 Å². The summed E-state index contributed by atoms with van der Waals surface area (Å²) in [5.41, 5.74) is 1.26. The Morgan fingerprint density at radius 3 is 2.46 bits per heavy atom. The molecule has 1 aliphatic heterocycles. The molecule has 1 heterocycles. The molecule has 1 aromatic rings. The first-order valence-corrected chi connectivity index (χ1v) is 11.5. The van der Waals surface area contributed by atoms with Crippen LogP contribution in [0.3, 0.4) is 0 Å². The second-order valence-electron chi connectivity index (χ2n) is 6.07. The molecule has 0 saturated carbocycles. The van der Waals surface area contributed by atoms with Gasteiger partial charge in [-0.3, -0.25) is 4.79 Å². The predicted octanol–water partition coefficient (Wildman–Crippen LogP) is -0.998. The molecule has 0 spiro atoms. The molecule has 1 atom stereocenters. The predicted molar refractivity (Wildman–Crippen MR) is 126 cm³/mol. The van der Waals surface area contributed by atoms with Crippen LogP contribution in [0.4, 0.5) is 5.69 Å². The summed E-state index contributed by atoms with van der Waals surface area (Å²) < 4.78 is 7.87. The Labute approximate surface area is 227 Å². The van der Waals surface area contributed by atoms with E-state index in [0.29, 0.717) is 18.8 Å². The number of nitrogens with one attached hydrogen (secondary N) is 1. The Hall–Kier alpha value is 0.780. The number of nitrogens with zero attached hydrogens (tertiary/aromatic N) is 2. The van der Waals surface area contributed by atoms with E-state index in [0.717, 1.165) is 35.3 Å². The molecule has 148 valence electrons. The number of rotatable bonds is 5. The summed E-state index contributed by atoms with van der Waals surface area (Å²) in [6, 6.07) is 1.91. The van der Waals surface area contributed by atoms with Crippen molar-refractivity contribution in [3.8, 4) is 0 Å². The second-order valence-corrected chi connectivity index (χ2v) is 9.47. The summed E-state index contributed by atoms with van der Waals surface area (Å²) in [6.45, 7) is 6.42. The number of carbonyl (C=O) groups excluding carboxylic acids is 2. The van der Waals surface area contributed by atoms with E-state index < -0.39 is 11.9 Å². The van der Waals surface area contributed by atoms with E-state index in [1.165, 1.54) is 6.92 Å². The molecule has 11 heteroatoms. The van der Waals surface area contributed by atoms with Gasteiger partial charge < -0.3 is 24.9 Å². The van der Waals surface area contributed by atoms with E-state index in [1.807, 2.05) is 13.0 Å². The number of carboxylic acids is 1. The summed E-state index contributed by atoms with van der Waals surface area (Å²) in [7, 11) is 0. The number of carbonyl (C=O) groups is 2. The van der Waals surface area contributed by atoms with Gasteiger partial charge in [-0.2, -0.15) is 0 Å². The number of hydrogen-bond acceptors (Lipinski definition) is 5. The van der Waals surface area contributed by atoms with Crippen LogP contribution in [-0.4, -0.2) is 55.5 Å². The third-order valence-corrected chi connectivity index (χ3v) is 6.81. The minimum Gasteiger partial charge on any atom is -0.550 e. The fourth-order valence-electron chi connectivity index (χ4n) is 2.43. The van der Waals surface area contributed by atoms with Gasteiger partial charge in [0.1, 0.15) is 5.84 Å². The summed E-state index contributed by atoms with van der Waals surface area (Å²) in [4.78, 5) is 30.4. The summed E-state index contributed by atoms with van der Waals surface area (Å²) in [6.07, 6.45) is 0. The van der Waals surface area contributed by atoms with Crippen molar-refractivity contribution in [3.63, 3.8) is 0 Å². The Bertz CT molecular complexity index is 771. The van der Waals surface area contributed by atoms with Gasteiger partial charge in [0.05, 0.1) is 28.0 Å². The molecular formula is C17H19I3N3NaO4. The molecule has 0 aromatic heterocycles. The Kier molecular flexibility index (Phi) is 12.1. The van der Waals surface area contributed by atoms with Crippen LogP contribution in [-0.2, 0) is 9.53 Å². The van der Waals surface area contributed by atoms with Crippen molar-refractivity contribution < 1.29 is 49.0 Å². The number of aliphatic imine (C=N–C) groups is 1. The van der Waals surface area contributed by atoms with Crippen molar-refractivity contribution >= 4 is 91.2 Å². The first-order chi connectivity index (χ1) is 12.7. The molecule has 1 N–H and O–H groups in total. The van der Waals surface area contributed by atoms with Crippen LogP contribution in [0.15, 0.2) is 11.1 Å². The van der Waals surface area contributed by atoms with E-state index in [-0.39, 0.29) is 42.0 Å². The molecule has 0 aliphatic carbocycles. The Morgan fingerprint density at radius 1 is 1.29 bits per heavy atom. The normalized spacial score (nSPS) is 15.6. The molecule has 0 bridgehead atoms. The zero-order valence-electron chi connectivity index (χ0n) is 15.9. The number of amides is 1. The number of morpholine rings is 1. The third kappa shape index (κ3) is 7.18. The van der Waals surface area contributed by atoms with Crippen molar-refractivity contribution in [1.29, 1.82) is 0 Å². The van der Waals surface area contributed by atoms with E-state index in [4.69, 9.17) is 9.73 Å². The van der Waals surface area contributed by atoms with Gasteiger partial charge in [-0.25, -0.2) is 4.99 Å². The number of carboxylic acid groups (broad SMARTS) is 1. The van der Waals surface area contributed by atoms with Gasteiger partial charge in [-0.05, 0) is 80.8 Å². The van der Waals surface area contributed by atoms with Crippen LogP contribution < -0.4 is 40.0 Å².